The van der Waals surface area contributed by atoms with Crippen molar-refractivity contribution in [3.05, 3.63) is 24.7 Å². The van der Waals surface area contributed by atoms with Crippen molar-refractivity contribution in [1.82, 2.24) is 30.2 Å². The summed E-state index contributed by atoms with van der Waals surface area (Å²) in [5.41, 5.74) is 0. The lowest BCUT2D eigenvalue weighted by Crippen LogP contribution is -2.50. The van der Waals surface area contributed by atoms with E-state index in [1.54, 1.807) is 24.2 Å². The first-order valence-electron chi connectivity index (χ1n) is 12.3. The molecule has 2 aromatic rings. The molecule has 13 nitrogen and oxygen atoms in total. The van der Waals surface area contributed by atoms with Gasteiger partial charge in [0.25, 0.3) is 0 Å². The molecule has 2 saturated heterocycles. The standard InChI is InChI=1S/C23H33N9O4/c1-3-35-20-14-26-19(13-27-20)29-22(33)31(2)16-6-5-11-32(15-16)21-25-10-8-18(28-21)30-23(34)36-17-7-4-9-24-12-17/h8,10,13-14,16-17,24H,3-7,9,11-12,15H2,1-2H3,(H,26,29,33)(H,25,28,30,34)/t16-,17+/m1/s1. The number of carbonyl (C=O) groups excluding carboxylic acids is 2. The maximum absolute atomic E-state index is 12.8. The average molecular weight is 500 g/mol. The predicted octanol–water partition coefficient (Wildman–Crippen LogP) is 2.10. The van der Waals surface area contributed by atoms with Crippen molar-refractivity contribution in [3.8, 4) is 5.88 Å². The monoisotopic (exact) mass is 499 g/mol. The van der Waals surface area contributed by atoms with Crippen LogP contribution in [0.25, 0.3) is 0 Å². The Kier molecular flexibility index (Phi) is 8.66. The second kappa shape index (κ2) is 12.3. The summed E-state index contributed by atoms with van der Waals surface area (Å²) in [6, 6.07) is 1.29. The topological polar surface area (TPSA) is 147 Å². The molecule has 0 aliphatic carbocycles. The number of hydrogen-bond donors (Lipinski definition) is 3. The third-order valence-corrected chi connectivity index (χ3v) is 6.10. The zero-order valence-corrected chi connectivity index (χ0v) is 20.6. The molecule has 0 spiro atoms. The van der Waals surface area contributed by atoms with Crippen LogP contribution in [0.4, 0.5) is 27.2 Å². The van der Waals surface area contributed by atoms with E-state index in [0.29, 0.717) is 43.2 Å². The van der Waals surface area contributed by atoms with Crippen molar-refractivity contribution in [2.45, 2.75) is 44.8 Å². The van der Waals surface area contributed by atoms with Crippen LogP contribution in [0, 0.1) is 0 Å². The van der Waals surface area contributed by atoms with Gasteiger partial charge in [0.05, 0.1) is 25.0 Å². The lowest BCUT2D eigenvalue weighted by molar-refractivity contribution is 0.0941. The van der Waals surface area contributed by atoms with Gasteiger partial charge < -0.3 is 24.6 Å². The molecule has 194 valence electrons. The molecule has 4 rings (SSSR count). The van der Waals surface area contributed by atoms with Crippen LogP contribution >= 0.6 is 0 Å². The number of piperidine rings is 2. The smallest absolute Gasteiger partial charge is 0.413 e. The molecule has 3 amide bonds. The van der Waals surface area contributed by atoms with E-state index in [4.69, 9.17) is 9.47 Å². The molecule has 3 N–H and O–H groups in total. The summed E-state index contributed by atoms with van der Waals surface area (Å²) in [5.74, 6) is 1.61. The third-order valence-electron chi connectivity index (χ3n) is 6.10. The van der Waals surface area contributed by atoms with E-state index in [1.807, 2.05) is 11.8 Å². The highest BCUT2D eigenvalue weighted by Gasteiger charge is 2.28. The molecule has 2 aliphatic heterocycles. The van der Waals surface area contributed by atoms with Crippen molar-refractivity contribution in [3.63, 3.8) is 0 Å². The van der Waals surface area contributed by atoms with Crippen LogP contribution in [0.5, 0.6) is 5.88 Å². The zero-order chi connectivity index (χ0) is 25.3. The molecule has 0 aromatic carbocycles. The largest absolute Gasteiger partial charge is 0.477 e. The Morgan fingerprint density at radius 3 is 2.81 bits per heavy atom. The highest BCUT2D eigenvalue weighted by molar-refractivity contribution is 5.88. The van der Waals surface area contributed by atoms with E-state index in [-0.39, 0.29) is 18.2 Å². The Hall–Kier alpha value is -3.74. The van der Waals surface area contributed by atoms with Crippen molar-refractivity contribution >= 4 is 29.7 Å². The number of aromatic nitrogens is 4. The summed E-state index contributed by atoms with van der Waals surface area (Å²) >= 11 is 0. The maximum Gasteiger partial charge on any atom is 0.413 e. The van der Waals surface area contributed by atoms with E-state index in [0.717, 1.165) is 38.8 Å². The van der Waals surface area contributed by atoms with Gasteiger partial charge in [-0.05, 0) is 45.2 Å². The minimum absolute atomic E-state index is 0.0570. The summed E-state index contributed by atoms with van der Waals surface area (Å²) in [6.45, 7) is 5.26. The predicted molar refractivity (Wildman–Crippen MR) is 133 cm³/mol. The van der Waals surface area contributed by atoms with E-state index in [9.17, 15) is 9.59 Å². The molecule has 36 heavy (non-hydrogen) atoms. The number of amides is 3. The number of anilines is 3. The average Bonchev–Trinajstić information content (AvgIpc) is 2.90. The van der Waals surface area contributed by atoms with E-state index >= 15 is 0 Å². The molecular weight excluding hydrogens is 466 g/mol. The molecule has 2 aliphatic rings. The minimum atomic E-state index is -0.529. The van der Waals surface area contributed by atoms with Gasteiger partial charge >= 0.3 is 12.1 Å². The lowest BCUT2D eigenvalue weighted by atomic mass is 10.1. The van der Waals surface area contributed by atoms with E-state index < -0.39 is 6.09 Å². The summed E-state index contributed by atoms with van der Waals surface area (Å²) in [6.07, 6.45) is 7.40. The fraction of sp³-hybridized carbons (Fsp3) is 0.565. The number of hydrogen-bond acceptors (Lipinski definition) is 10. The molecule has 0 bridgehead atoms. The van der Waals surface area contributed by atoms with Crippen LogP contribution in [0.3, 0.4) is 0 Å². The first kappa shape index (κ1) is 25.4. The van der Waals surface area contributed by atoms with Crippen LogP contribution in [0.1, 0.15) is 32.6 Å². The van der Waals surface area contributed by atoms with Crippen molar-refractivity contribution in [2.75, 3.05) is 55.4 Å². The Morgan fingerprint density at radius 1 is 1.17 bits per heavy atom. The van der Waals surface area contributed by atoms with E-state index in [1.165, 1.54) is 12.4 Å². The number of rotatable bonds is 7. The molecule has 2 aromatic heterocycles. The van der Waals surface area contributed by atoms with Gasteiger partial charge in [-0.15, -0.1) is 0 Å². The minimum Gasteiger partial charge on any atom is -0.477 e. The molecule has 4 heterocycles. The fourth-order valence-corrected chi connectivity index (χ4v) is 4.20. The maximum atomic E-state index is 12.8. The highest BCUT2D eigenvalue weighted by atomic mass is 16.6. The van der Waals surface area contributed by atoms with Gasteiger partial charge in [-0.3, -0.25) is 10.6 Å². The van der Waals surface area contributed by atoms with Gasteiger partial charge in [0.15, 0.2) is 5.82 Å². The van der Waals surface area contributed by atoms with E-state index in [2.05, 4.69) is 35.9 Å². The molecule has 0 unspecified atom stereocenters. The molecule has 2 fully saturated rings. The molecule has 2 atom stereocenters. The van der Waals surface area contributed by atoms with Gasteiger partial charge in [0.1, 0.15) is 11.9 Å². The molecular formula is C23H33N9O4. The quantitative estimate of drug-likeness (QED) is 0.517. The second-order valence-corrected chi connectivity index (χ2v) is 8.70. The SMILES string of the molecule is CCOc1cnc(NC(=O)N(C)[C@@H]2CCCN(c3nccc(NC(=O)O[C@H]4CCCNC4)n3)C2)cn1. The highest BCUT2D eigenvalue weighted by Crippen LogP contribution is 2.21. The number of carbonyl (C=O) groups is 2. The first-order chi connectivity index (χ1) is 17.5. The Balaban J connectivity index is 1.31. The van der Waals surface area contributed by atoms with Gasteiger partial charge in [-0.1, -0.05) is 0 Å². The Morgan fingerprint density at radius 2 is 2.06 bits per heavy atom. The fourth-order valence-electron chi connectivity index (χ4n) is 4.20. The zero-order valence-electron chi connectivity index (χ0n) is 20.6. The van der Waals surface area contributed by atoms with Crippen LogP contribution in [0.15, 0.2) is 24.7 Å². The molecule has 0 saturated carbocycles. The second-order valence-electron chi connectivity index (χ2n) is 8.70. The van der Waals surface area contributed by atoms with Crippen LogP contribution in [-0.2, 0) is 4.74 Å². The van der Waals surface area contributed by atoms with Gasteiger partial charge in [0.2, 0.25) is 11.8 Å². The van der Waals surface area contributed by atoms with Gasteiger partial charge in [-0.25, -0.2) is 24.5 Å². The summed E-state index contributed by atoms with van der Waals surface area (Å²) < 4.78 is 10.7. The summed E-state index contributed by atoms with van der Waals surface area (Å²) in [4.78, 5) is 45.9. The first-order valence-corrected chi connectivity index (χ1v) is 12.3. The number of urea groups is 1. The van der Waals surface area contributed by atoms with Crippen LogP contribution < -0.4 is 25.6 Å². The lowest BCUT2D eigenvalue weighted by Gasteiger charge is -2.37. The van der Waals surface area contributed by atoms with Crippen LogP contribution in [-0.4, -0.2) is 88.9 Å². The Bertz CT molecular complexity index is 1020. The number of nitrogens with zero attached hydrogens (tertiary/aromatic N) is 6. The van der Waals surface area contributed by atoms with Crippen LogP contribution in [0.2, 0.25) is 0 Å². The van der Waals surface area contributed by atoms with Crippen molar-refractivity contribution in [1.29, 1.82) is 0 Å². The van der Waals surface area contributed by atoms with Crippen molar-refractivity contribution < 1.29 is 19.1 Å². The van der Waals surface area contributed by atoms with Crippen molar-refractivity contribution in [2.24, 2.45) is 0 Å². The number of ether oxygens (including phenoxy) is 2. The summed E-state index contributed by atoms with van der Waals surface area (Å²) in [5, 5.41) is 8.68. The molecule has 13 heteroatoms. The third kappa shape index (κ3) is 6.90. The van der Waals surface area contributed by atoms with Gasteiger partial charge in [-0.2, -0.15) is 4.98 Å². The Labute approximate surface area is 210 Å². The van der Waals surface area contributed by atoms with Gasteiger partial charge in [0, 0.05) is 32.9 Å². The number of likely N-dealkylation sites (N-methyl/N-ethyl adjacent to an activating group) is 1. The molecule has 0 radical (unpaired) electrons. The normalized spacial score (nSPS) is 19.8. The number of nitrogens with one attached hydrogen (secondary N) is 3. The summed E-state index contributed by atoms with van der Waals surface area (Å²) in [7, 11) is 1.75.